The number of carbonyl (C=O) groups is 1. The quantitative estimate of drug-likeness (QED) is 0.212. The Morgan fingerprint density at radius 3 is 2.14 bits per heavy atom. The molecule has 0 saturated carbocycles. The van der Waals surface area contributed by atoms with Gasteiger partial charge < -0.3 is 0 Å². The molecule has 21 heavy (non-hydrogen) atoms. The fourth-order valence-corrected chi connectivity index (χ4v) is 2.35. The van der Waals surface area contributed by atoms with Crippen LogP contribution in [0.25, 0.3) is 0 Å². The van der Waals surface area contributed by atoms with Crippen molar-refractivity contribution in [1.82, 2.24) is 4.31 Å². The number of hydrogen-bond donors (Lipinski definition) is 0. The van der Waals surface area contributed by atoms with Crippen molar-refractivity contribution in [3.63, 3.8) is 0 Å². The number of nitrogens with zero attached hydrogens (tertiary/aromatic N) is 1. The summed E-state index contributed by atoms with van der Waals surface area (Å²) in [4.78, 5) is 10.3. The van der Waals surface area contributed by atoms with Crippen LogP contribution < -0.4 is 4.74 Å². The van der Waals surface area contributed by atoms with Gasteiger partial charge in [-0.1, -0.05) is 0 Å². The van der Waals surface area contributed by atoms with Crippen LogP contribution in [0, 0.1) is 29.1 Å². The Morgan fingerprint density at radius 2 is 1.67 bits per heavy atom. The van der Waals surface area contributed by atoms with Gasteiger partial charge in [0.25, 0.3) is 0 Å². The Labute approximate surface area is 121 Å². The van der Waals surface area contributed by atoms with Gasteiger partial charge in [0.2, 0.25) is 0 Å². The molecule has 0 saturated heterocycles. The molecule has 0 fully saturated rings. The first-order valence-corrected chi connectivity index (χ1v) is 6.53. The first-order chi connectivity index (χ1) is 9.95. The topological polar surface area (TPSA) is 29.5 Å². The van der Waals surface area contributed by atoms with E-state index in [0.717, 1.165) is 11.8 Å². The average Bonchev–Trinajstić information content (AvgIpc) is 2.49. The number of aldehydes is 1. The summed E-state index contributed by atoms with van der Waals surface area (Å²) in [6, 6.07) is 0. The van der Waals surface area contributed by atoms with Crippen LogP contribution in [0.4, 0.5) is 22.0 Å². The molecule has 1 heterocycles. The van der Waals surface area contributed by atoms with E-state index in [1.807, 2.05) is 0 Å². The molecule has 0 spiro atoms. The molecule has 0 unspecified atom stereocenters. The third-order valence-electron chi connectivity index (χ3n) is 2.62. The third kappa shape index (κ3) is 3.26. The van der Waals surface area contributed by atoms with Gasteiger partial charge in [0.15, 0.2) is 0 Å². The summed E-state index contributed by atoms with van der Waals surface area (Å²) in [6.45, 7) is 0.488. The van der Waals surface area contributed by atoms with Gasteiger partial charge in [0, 0.05) is 0 Å². The van der Waals surface area contributed by atoms with Gasteiger partial charge >= 0.3 is 120 Å². The van der Waals surface area contributed by atoms with Crippen LogP contribution in [0.3, 0.4) is 0 Å². The number of carbonyl (C=O) groups excluding carboxylic acids is 1. The first kappa shape index (κ1) is 16.0. The second-order valence-corrected chi connectivity index (χ2v) is 4.96. The van der Waals surface area contributed by atoms with Gasteiger partial charge in [-0.3, -0.25) is 0 Å². The second-order valence-electron chi connectivity index (χ2n) is 4.00. The Kier molecular flexibility index (Phi) is 4.99. The molecule has 1 aromatic rings. The number of hydrogen-bond acceptors (Lipinski definition) is 4. The van der Waals surface area contributed by atoms with Crippen LogP contribution in [0.1, 0.15) is 6.42 Å². The van der Waals surface area contributed by atoms with Gasteiger partial charge in [-0.25, -0.2) is 0 Å². The van der Waals surface area contributed by atoms with Crippen molar-refractivity contribution in [3.8, 4) is 5.75 Å². The van der Waals surface area contributed by atoms with Crippen molar-refractivity contribution >= 4 is 29.9 Å². The van der Waals surface area contributed by atoms with Crippen molar-refractivity contribution in [2.45, 2.75) is 6.42 Å². The summed E-state index contributed by atoms with van der Waals surface area (Å²) in [6.07, 6.45) is 2.18. The van der Waals surface area contributed by atoms with Crippen LogP contribution >= 0.6 is 11.8 Å². The summed E-state index contributed by atoms with van der Waals surface area (Å²) >= 11 is 1.05. The summed E-state index contributed by atoms with van der Waals surface area (Å²) in [5.41, 5.74) is 0.0466. The molecule has 1 aliphatic rings. The molecule has 0 amide bonds. The Bertz CT molecular complexity index is 584. The summed E-state index contributed by atoms with van der Waals surface area (Å²) in [5.74, 6) is -11.7. The molecule has 10 heteroatoms. The first-order valence-electron chi connectivity index (χ1n) is 5.69. The molecular formula is C11H7BF5NO2S. The van der Waals surface area contributed by atoms with Crippen LogP contribution in [0.2, 0.25) is 0 Å². The fourth-order valence-electron chi connectivity index (χ4n) is 1.58. The van der Waals surface area contributed by atoms with Gasteiger partial charge in [-0.05, 0) is 0 Å². The Hall–Kier alpha value is -1.42. The Morgan fingerprint density at radius 1 is 1.10 bits per heavy atom. The predicted octanol–water partition coefficient (Wildman–Crippen LogP) is 2.06. The standard InChI is InChI=1S/C11H7BF5NO2S/c13-6-7(14)9(16)11(10(17)8(6)15)20-5-1-2-18(3-4-19)21-12-5/h4H,1-3H2. The second kappa shape index (κ2) is 6.57. The zero-order chi connectivity index (χ0) is 15.6. The minimum atomic E-state index is -2.23. The van der Waals surface area contributed by atoms with E-state index < -0.39 is 34.8 Å². The van der Waals surface area contributed by atoms with E-state index in [0.29, 0.717) is 12.8 Å². The minimum absolute atomic E-state index is 0.0466. The van der Waals surface area contributed by atoms with E-state index in [9.17, 15) is 26.7 Å². The molecule has 2 rings (SSSR count). The van der Waals surface area contributed by atoms with E-state index in [1.54, 1.807) is 4.31 Å². The van der Waals surface area contributed by atoms with Crippen LogP contribution in [0.5, 0.6) is 5.75 Å². The molecule has 3 nitrogen and oxygen atoms in total. The van der Waals surface area contributed by atoms with Crippen molar-refractivity contribution in [2.24, 2.45) is 0 Å². The maximum atomic E-state index is 13.4. The van der Waals surface area contributed by atoms with Crippen molar-refractivity contribution in [3.05, 3.63) is 29.1 Å². The average molecular weight is 323 g/mol. The number of ether oxygens (including phenoxy) is 1. The molecule has 0 aromatic heterocycles. The van der Waals surface area contributed by atoms with Crippen molar-refractivity contribution < 1.29 is 31.5 Å². The molecule has 0 aliphatic carbocycles. The monoisotopic (exact) mass is 323 g/mol. The van der Waals surface area contributed by atoms with Crippen molar-refractivity contribution in [1.29, 1.82) is 0 Å². The fraction of sp³-hybridized carbons (Fsp3) is 0.273. The molecular weight excluding hydrogens is 316 g/mol. The van der Waals surface area contributed by atoms with Crippen LogP contribution in [0.15, 0.2) is 0 Å². The summed E-state index contributed by atoms with van der Waals surface area (Å²) in [5, 5.41) is 0. The maximum absolute atomic E-state index is 13.4. The molecule has 0 radical (unpaired) electrons. The van der Waals surface area contributed by atoms with Crippen LogP contribution in [-0.4, -0.2) is 35.5 Å². The summed E-state index contributed by atoms with van der Waals surface area (Å²) < 4.78 is 72.1. The number of rotatable bonds is 4. The third-order valence-corrected chi connectivity index (χ3v) is 3.62. The van der Waals surface area contributed by atoms with Gasteiger partial charge in [0.1, 0.15) is 0 Å². The van der Waals surface area contributed by atoms with E-state index in [1.165, 1.54) is 6.20 Å². The molecule has 112 valence electrons. The van der Waals surface area contributed by atoms with Gasteiger partial charge in [-0.15, -0.1) is 0 Å². The van der Waals surface area contributed by atoms with E-state index in [4.69, 9.17) is 4.74 Å². The molecule has 0 atom stereocenters. The van der Waals surface area contributed by atoms with Crippen LogP contribution in [-0.2, 0) is 4.79 Å². The molecule has 0 N–H and O–H groups in total. The number of benzene rings is 1. The summed E-state index contributed by atoms with van der Waals surface area (Å²) in [7, 11) is 0. The number of halogens is 5. The van der Waals surface area contributed by atoms with Gasteiger partial charge in [-0.2, -0.15) is 0 Å². The SMILES string of the molecule is O=CCN1CCC(Oc2c(F)c(F)c(F)c(F)c2F)=BS1. The molecule has 1 aliphatic heterocycles. The van der Waals surface area contributed by atoms with Gasteiger partial charge in [0.05, 0.1) is 0 Å². The molecule has 1 aromatic carbocycles. The Balaban J connectivity index is 2.23. The van der Waals surface area contributed by atoms with E-state index in [2.05, 4.69) is 0 Å². The van der Waals surface area contributed by atoms with Crippen molar-refractivity contribution in [2.75, 3.05) is 13.1 Å². The van der Waals surface area contributed by atoms with E-state index >= 15 is 0 Å². The zero-order valence-electron chi connectivity index (χ0n) is 10.3. The molecule has 0 bridgehead atoms. The van der Waals surface area contributed by atoms with E-state index in [-0.39, 0.29) is 18.6 Å². The normalized spacial score (nSPS) is 15.4. The predicted molar refractivity (Wildman–Crippen MR) is 67.5 cm³/mol. The zero-order valence-corrected chi connectivity index (χ0v) is 11.2.